The molecule has 1 N–H and O–H groups in total. The summed E-state index contributed by atoms with van der Waals surface area (Å²) in [5.41, 5.74) is 1.79. The quantitative estimate of drug-likeness (QED) is 0.199. The van der Waals surface area contributed by atoms with Crippen LogP contribution in [0.15, 0.2) is 66.7 Å². The molecule has 0 spiro atoms. The summed E-state index contributed by atoms with van der Waals surface area (Å²) >= 11 is 11.8. The molecule has 0 radical (unpaired) electrons. The third-order valence-corrected chi connectivity index (χ3v) is 5.03. The van der Waals surface area contributed by atoms with E-state index in [0.717, 1.165) is 0 Å². The number of rotatable bonds is 7. The number of ether oxygens (including phenoxy) is 1. The van der Waals surface area contributed by atoms with Gasteiger partial charge >= 0.3 is 0 Å². The Morgan fingerprint density at radius 1 is 1.09 bits per heavy atom. The van der Waals surface area contributed by atoms with Gasteiger partial charge in [0.05, 0.1) is 26.6 Å². The van der Waals surface area contributed by atoms with E-state index in [1.165, 1.54) is 30.3 Å². The van der Waals surface area contributed by atoms with Gasteiger partial charge in [0.25, 0.3) is 11.6 Å². The van der Waals surface area contributed by atoms with Crippen molar-refractivity contribution in [2.24, 2.45) is 0 Å². The van der Waals surface area contributed by atoms with Gasteiger partial charge < -0.3 is 10.1 Å². The van der Waals surface area contributed by atoms with E-state index in [1.807, 2.05) is 0 Å². The minimum Gasteiger partial charge on any atom is -0.483 e. The Morgan fingerprint density at radius 3 is 2.47 bits per heavy atom. The second-order valence-corrected chi connectivity index (χ2v) is 7.29. The number of anilines is 1. The molecule has 7 nitrogen and oxygen atoms in total. The zero-order chi connectivity index (χ0) is 23.1. The molecule has 1 amide bonds. The summed E-state index contributed by atoms with van der Waals surface area (Å²) < 4.78 is 5.64. The monoisotopic (exact) mass is 467 g/mol. The Kier molecular flexibility index (Phi) is 7.45. The van der Waals surface area contributed by atoms with Crippen LogP contribution in [0.2, 0.25) is 10.0 Å². The molecule has 0 saturated carbocycles. The van der Waals surface area contributed by atoms with Crippen LogP contribution < -0.4 is 10.1 Å². The van der Waals surface area contributed by atoms with Crippen molar-refractivity contribution in [3.63, 3.8) is 0 Å². The van der Waals surface area contributed by atoms with E-state index in [4.69, 9.17) is 27.9 Å². The van der Waals surface area contributed by atoms with E-state index in [-0.39, 0.29) is 17.9 Å². The molecule has 0 bridgehead atoms. The van der Waals surface area contributed by atoms with Gasteiger partial charge in [-0.3, -0.25) is 14.9 Å². The standard InChI is InChI=1S/C23H15Cl2N3O4/c24-20-10-7-18(12-21(20)25)27-23(29)14-32-22-4-2-1-3-16(22)11-17(13-26)15-5-8-19(9-6-15)28(30)31/h1-12H,14H2,(H,27,29)/b17-11+. The first-order valence-corrected chi connectivity index (χ1v) is 9.96. The van der Waals surface area contributed by atoms with Crippen LogP contribution in [0.25, 0.3) is 11.6 Å². The number of carbonyl (C=O) groups is 1. The smallest absolute Gasteiger partial charge is 0.269 e. The van der Waals surface area contributed by atoms with Gasteiger partial charge in [0.15, 0.2) is 6.61 Å². The summed E-state index contributed by atoms with van der Waals surface area (Å²) in [6.45, 7) is -0.273. The Labute approximate surface area is 193 Å². The van der Waals surface area contributed by atoms with Crippen molar-refractivity contribution in [1.29, 1.82) is 5.26 Å². The van der Waals surface area contributed by atoms with Crippen molar-refractivity contribution in [3.05, 3.63) is 98.0 Å². The van der Waals surface area contributed by atoms with Crippen LogP contribution in [0.1, 0.15) is 11.1 Å². The summed E-state index contributed by atoms with van der Waals surface area (Å²) in [6, 6.07) is 19.4. The Hall–Kier alpha value is -3.86. The fourth-order valence-electron chi connectivity index (χ4n) is 2.74. The minimum absolute atomic E-state index is 0.0669. The number of para-hydroxylation sites is 1. The lowest BCUT2D eigenvalue weighted by molar-refractivity contribution is -0.384. The molecule has 0 unspecified atom stereocenters. The summed E-state index contributed by atoms with van der Waals surface area (Å²) in [6.07, 6.45) is 1.59. The topological polar surface area (TPSA) is 105 Å². The average molecular weight is 468 g/mol. The van der Waals surface area contributed by atoms with Crippen molar-refractivity contribution in [3.8, 4) is 11.8 Å². The van der Waals surface area contributed by atoms with Gasteiger partial charge in [-0.15, -0.1) is 0 Å². The van der Waals surface area contributed by atoms with Crippen LogP contribution in [0, 0.1) is 21.4 Å². The zero-order valence-corrected chi connectivity index (χ0v) is 17.9. The van der Waals surface area contributed by atoms with Crippen LogP contribution >= 0.6 is 23.2 Å². The van der Waals surface area contributed by atoms with E-state index < -0.39 is 10.8 Å². The highest BCUT2D eigenvalue weighted by atomic mass is 35.5. The molecule has 160 valence electrons. The normalized spacial score (nSPS) is 10.8. The average Bonchev–Trinajstić information content (AvgIpc) is 2.79. The molecule has 9 heteroatoms. The molecule has 0 aliphatic heterocycles. The second kappa shape index (κ2) is 10.4. The number of hydrogen-bond acceptors (Lipinski definition) is 5. The Morgan fingerprint density at radius 2 is 1.81 bits per heavy atom. The number of non-ortho nitro benzene ring substituents is 1. The van der Waals surface area contributed by atoms with Crippen LogP contribution in [-0.4, -0.2) is 17.4 Å². The summed E-state index contributed by atoms with van der Waals surface area (Å²) in [5.74, 6) is -0.00972. The van der Waals surface area contributed by atoms with E-state index in [1.54, 1.807) is 42.5 Å². The van der Waals surface area contributed by atoms with E-state index in [0.29, 0.717) is 32.6 Å². The molecule has 3 rings (SSSR count). The molecule has 32 heavy (non-hydrogen) atoms. The van der Waals surface area contributed by atoms with Gasteiger partial charge in [0.1, 0.15) is 5.75 Å². The van der Waals surface area contributed by atoms with Gasteiger partial charge in [-0.25, -0.2) is 0 Å². The van der Waals surface area contributed by atoms with Crippen molar-refractivity contribution >= 4 is 52.1 Å². The molecule has 0 aliphatic carbocycles. The zero-order valence-electron chi connectivity index (χ0n) is 16.4. The second-order valence-electron chi connectivity index (χ2n) is 6.48. The van der Waals surface area contributed by atoms with Crippen LogP contribution in [-0.2, 0) is 4.79 Å². The van der Waals surface area contributed by atoms with Crippen molar-refractivity contribution in [1.82, 2.24) is 0 Å². The number of nitrogens with one attached hydrogen (secondary N) is 1. The number of nitro benzene ring substituents is 1. The molecule has 0 atom stereocenters. The third-order valence-electron chi connectivity index (χ3n) is 4.29. The molecule has 0 heterocycles. The number of benzene rings is 3. The highest BCUT2D eigenvalue weighted by Crippen LogP contribution is 2.27. The van der Waals surface area contributed by atoms with Gasteiger partial charge in [-0.05, 0) is 48.0 Å². The number of nitriles is 1. The first-order chi connectivity index (χ1) is 15.4. The molecule has 0 aliphatic rings. The van der Waals surface area contributed by atoms with Gasteiger partial charge in [0, 0.05) is 23.4 Å². The fraction of sp³-hybridized carbons (Fsp3) is 0.0435. The number of nitrogens with zero attached hydrogens (tertiary/aromatic N) is 2. The molecule has 0 aromatic heterocycles. The maximum absolute atomic E-state index is 12.2. The van der Waals surface area contributed by atoms with Crippen molar-refractivity contribution in [2.75, 3.05) is 11.9 Å². The molecular formula is C23H15Cl2N3O4. The summed E-state index contributed by atoms with van der Waals surface area (Å²) in [4.78, 5) is 22.6. The molecule has 3 aromatic rings. The SMILES string of the molecule is N#C/C(=C\c1ccccc1OCC(=O)Nc1ccc(Cl)c(Cl)c1)c1ccc([N+](=O)[O-])cc1. The highest BCUT2D eigenvalue weighted by molar-refractivity contribution is 6.42. The van der Waals surface area contributed by atoms with Crippen LogP contribution in [0.5, 0.6) is 5.75 Å². The Balaban J connectivity index is 1.74. The van der Waals surface area contributed by atoms with Crippen molar-refractivity contribution < 1.29 is 14.5 Å². The van der Waals surface area contributed by atoms with Gasteiger partial charge in [-0.1, -0.05) is 41.4 Å². The van der Waals surface area contributed by atoms with E-state index in [9.17, 15) is 20.2 Å². The van der Waals surface area contributed by atoms with Gasteiger partial charge in [0.2, 0.25) is 0 Å². The number of amides is 1. The predicted octanol–water partition coefficient (Wildman–Crippen LogP) is 5.98. The Bertz CT molecular complexity index is 1230. The largest absolute Gasteiger partial charge is 0.483 e. The fourth-order valence-corrected chi connectivity index (χ4v) is 3.04. The van der Waals surface area contributed by atoms with Crippen LogP contribution in [0.4, 0.5) is 11.4 Å². The number of hydrogen-bond donors (Lipinski definition) is 1. The van der Waals surface area contributed by atoms with Crippen LogP contribution in [0.3, 0.4) is 0 Å². The highest BCUT2D eigenvalue weighted by Gasteiger charge is 2.10. The lowest BCUT2D eigenvalue weighted by Crippen LogP contribution is -2.20. The lowest BCUT2D eigenvalue weighted by Gasteiger charge is -2.11. The van der Waals surface area contributed by atoms with Crippen molar-refractivity contribution in [2.45, 2.75) is 0 Å². The number of halogens is 2. The summed E-state index contributed by atoms with van der Waals surface area (Å²) in [5, 5.41) is 23.7. The van der Waals surface area contributed by atoms with Gasteiger partial charge in [-0.2, -0.15) is 5.26 Å². The number of allylic oxidation sites excluding steroid dienone is 1. The van der Waals surface area contributed by atoms with E-state index in [2.05, 4.69) is 11.4 Å². The molecular weight excluding hydrogens is 453 g/mol. The first kappa shape index (κ1) is 22.8. The lowest BCUT2D eigenvalue weighted by atomic mass is 10.0. The van der Waals surface area contributed by atoms with E-state index >= 15 is 0 Å². The molecule has 0 saturated heterocycles. The minimum atomic E-state index is -0.508. The number of carbonyl (C=O) groups excluding carboxylic acids is 1. The number of nitro groups is 1. The third kappa shape index (κ3) is 5.85. The molecule has 3 aromatic carbocycles. The first-order valence-electron chi connectivity index (χ1n) is 9.20. The summed E-state index contributed by atoms with van der Waals surface area (Å²) in [7, 11) is 0. The molecule has 0 fully saturated rings. The maximum atomic E-state index is 12.2. The maximum Gasteiger partial charge on any atom is 0.269 e. The predicted molar refractivity (Wildman–Crippen MR) is 124 cm³/mol.